The summed E-state index contributed by atoms with van der Waals surface area (Å²) in [5.74, 6) is 0. The number of carbonyl (C=O) groups excluding carboxylic acids is 1. The van der Waals surface area contributed by atoms with E-state index in [1.165, 1.54) is 4.31 Å². The summed E-state index contributed by atoms with van der Waals surface area (Å²) in [4.78, 5) is 12.7. The molecule has 1 amide bonds. The van der Waals surface area contributed by atoms with Crippen molar-refractivity contribution < 1.29 is 17.9 Å². The van der Waals surface area contributed by atoms with E-state index in [9.17, 15) is 13.2 Å². The number of ether oxygens (including phenoxy) is 1. The molecular formula is C25H24N2O4S. The third kappa shape index (κ3) is 3.47. The molecule has 7 heteroatoms. The molecule has 0 bridgehead atoms. The number of carbonyl (C=O) groups is 1. The Bertz CT molecular complexity index is 1160. The molecule has 0 saturated carbocycles. The lowest BCUT2D eigenvalue weighted by atomic mass is 9.73. The van der Waals surface area contributed by atoms with Gasteiger partial charge in [0.05, 0.1) is 6.54 Å². The molecule has 2 saturated heterocycles. The zero-order valence-electron chi connectivity index (χ0n) is 17.5. The average molecular weight is 449 g/mol. The Morgan fingerprint density at radius 2 is 1.41 bits per heavy atom. The fourth-order valence-electron chi connectivity index (χ4n) is 4.86. The van der Waals surface area contributed by atoms with E-state index in [-0.39, 0.29) is 25.7 Å². The van der Waals surface area contributed by atoms with E-state index in [1.54, 1.807) is 0 Å². The second kappa shape index (κ2) is 8.07. The first kappa shape index (κ1) is 20.7. The molecule has 2 aliphatic heterocycles. The highest BCUT2D eigenvalue weighted by atomic mass is 32.2. The fourth-order valence-corrected chi connectivity index (χ4v) is 6.62. The number of rotatable bonds is 4. The van der Waals surface area contributed by atoms with Crippen LogP contribution in [0.2, 0.25) is 0 Å². The van der Waals surface area contributed by atoms with Crippen molar-refractivity contribution in [3.05, 3.63) is 108 Å². The largest absolute Gasteiger partial charge is 0.444 e. The van der Waals surface area contributed by atoms with Crippen LogP contribution in [0.3, 0.4) is 0 Å². The molecule has 5 rings (SSSR count). The maximum Gasteiger partial charge on any atom is 0.424 e. The highest BCUT2D eigenvalue weighted by Gasteiger charge is 2.57. The van der Waals surface area contributed by atoms with Gasteiger partial charge in [0, 0.05) is 18.0 Å². The summed E-state index contributed by atoms with van der Waals surface area (Å²) >= 11 is 0. The van der Waals surface area contributed by atoms with Crippen LogP contribution in [-0.2, 0) is 27.0 Å². The van der Waals surface area contributed by atoms with Crippen molar-refractivity contribution >= 4 is 16.3 Å². The van der Waals surface area contributed by atoms with Crippen molar-refractivity contribution in [3.63, 3.8) is 0 Å². The smallest absolute Gasteiger partial charge is 0.424 e. The van der Waals surface area contributed by atoms with Crippen LogP contribution in [0.25, 0.3) is 0 Å². The standard InChI is InChI=1S/C25H24N2O4S/c28-24(31-18-20-10-4-1-5-11-20)26-17-23-16-25(19-27(23)32(26,29)30,21-12-6-2-7-13-21)22-14-8-3-9-15-22/h1-15,23H,16-19H2/t23-/m0/s1. The summed E-state index contributed by atoms with van der Waals surface area (Å²) in [5.41, 5.74) is 2.51. The SMILES string of the molecule is O=C(OCc1ccccc1)N1C[C@@H]2CC(c3ccccc3)(c3ccccc3)CN2S1(=O)=O. The van der Waals surface area contributed by atoms with Gasteiger partial charge < -0.3 is 4.74 Å². The number of benzene rings is 3. The number of fused-ring (bicyclic) bond motifs is 1. The third-order valence-electron chi connectivity index (χ3n) is 6.43. The molecule has 0 aliphatic carbocycles. The lowest BCUT2D eigenvalue weighted by Gasteiger charge is -2.32. The van der Waals surface area contributed by atoms with Crippen LogP contribution >= 0.6 is 0 Å². The molecule has 164 valence electrons. The summed E-state index contributed by atoms with van der Waals surface area (Å²) in [7, 11) is -3.96. The topological polar surface area (TPSA) is 66.9 Å². The molecule has 6 nitrogen and oxygen atoms in total. The molecule has 2 aliphatic rings. The maximum atomic E-state index is 13.3. The fraction of sp³-hybridized carbons (Fsp3) is 0.240. The van der Waals surface area contributed by atoms with Crippen LogP contribution in [0.5, 0.6) is 0 Å². The molecule has 0 unspecified atom stereocenters. The number of amides is 1. The summed E-state index contributed by atoms with van der Waals surface area (Å²) in [6.07, 6.45) is -0.226. The number of hydrogen-bond donors (Lipinski definition) is 0. The van der Waals surface area contributed by atoms with E-state index < -0.39 is 21.7 Å². The highest BCUT2D eigenvalue weighted by molar-refractivity contribution is 7.87. The van der Waals surface area contributed by atoms with Crippen molar-refractivity contribution in [1.82, 2.24) is 8.61 Å². The molecule has 2 heterocycles. The molecule has 0 radical (unpaired) electrons. The van der Waals surface area contributed by atoms with Gasteiger partial charge in [0.15, 0.2) is 0 Å². The van der Waals surface area contributed by atoms with Gasteiger partial charge >= 0.3 is 16.3 Å². The van der Waals surface area contributed by atoms with Crippen molar-refractivity contribution in [2.24, 2.45) is 0 Å². The first-order chi connectivity index (χ1) is 15.5. The van der Waals surface area contributed by atoms with Crippen LogP contribution in [0.4, 0.5) is 4.79 Å². The minimum atomic E-state index is -3.96. The summed E-state index contributed by atoms with van der Waals surface area (Å²) in [6.45, 7) is 0.419. The number of hydrogen-bond acceptors (Lipinski definition) is 4. The predicted octanol–water partition coefficient (Wildman–Crippen LogP) is 3.94. The van der Waals surface area contributed by atoms with Gasteiger partial charge in [-0.05, 0) is 23.1 Å². The molecule has 0 aromatic heterocycles. The molecule has 3 aromatic carbocycles. The third-order valence-corrected chi connectivity index (χ3v) is 8.31. The van der Waals surface area contributed by atoms with Crippen molar-refractivity contribution in [3.8, 4) is 0 Å². The molecule has 2 fully saturated rings. The van der Waals surface area contributed by atoms with Crippen molar-refractivity contribution in [2.75, 3.05) is 13.1 Å². The van der Waals surface area contributed by atoms with E-state index in [2.05, 4.69) is 0 Å². The van der Waals surface area contributed by atoms with Gasteiger partial charge in [-0.3, -0.25) is 0 Å². The molecule has 3 aromatic rings. The Morgan fingerprint density at radius 1 is 0.875 bits per heavy atom. The zero-order valence-corrected chi connectivity index (χ0v) is 18.3. The Labute approximate surface area is 188 Å². The van der Waals surface area contributed by atoms with Crippen LogP contribution in [0, 0.1) is 0 Å². The van der Waals surface area contributed by atoms with Gasteiger partial charge in [-0.1, -0.05) is 91.0 Å². The molecule has 0 N–H and O–H groups in total. The molecule has 32 heavy (non-hydrogen) atoms. The second-order valence-corrected chi connectivity index (χ2v) is 10.1. The Kier molecular flexibility index (Phi) is 5.23. The summed E-state index contributed by atoms with van der Waals surface area (Å²) in [6, 6.07) is 28.9. The van der Waals surface area contributed by atoms with E-state index in [0.717, 1.165) is 21.0 Å². The predicted molar refractivity (Wildman–Crippen MR) is 121 cm³/mol. The van der Waals surface area contributed by atoms with E-state index in [4.69, 9.17) is 4.74 Å². The van der Waals surface area contributed by atoms with Gasteiger partial charge in [-0.15, -0.1) is 0 Å². The van der Waals surface area contributed by atoms with E-state index in [1.807, 2.05) is 91.0 Å². The van der Waals surface area contributed by atoms with Gasteiger partial charge in [-0.25, -0.2) is 4.79 Å². The monoisotopic (exact) mass is 448 g/mol. The maximum absolute atomic E-state index is 13.3. The Balaban J connectivity index is 1.40. The minimum absolute atomic E-state index is 0.0360. The van der Waals surface area contributed by atoms with Gasteiger partial charge in [-0.2, -0.15) is 17.0 Å². The molecule has 0 spiro atoms. The van der Waals surface area contributed by atoms with Crippen LogP contribution < -0.4 is 0 Å². The molecule has 1 atom stereocenters. The Morgan fingerprint density at radius 3 is 1.94 bits per heavy atom. The van der Waals surface area contributed by atoms with Gasteiger partial charge in [0.2, 0.25) is 0 Å². The first-order valence-electron chi connectivity index (χ1n) is 10.6. The quantitative estimate of drug-likeness (QED) is 0.606. The van der Waals surface area contributed by atoms with Crippen molar-refractivity contribution in [1.29, 1.82) is 0 Å². The zero-order chi connectivity index (χ0) is 22.2. The summed E-state index contributed by atoms with van der Waals surface area (Å²) in [5, 5.41) is 0. The summed E-state index contributed by atoms with van der Waals surface area (Å²) < 4.78 is 34.3. The Hall–Kier alpha value is -3.16. The van der Waals surface area contributed by atoms with Gasteiger partial charge in [0.1, 0.15) is 6.61 Å². The minimum Gasteiger partial charge on any atom is -0.444 e. The normalized spacial score (nSPS) is 21.2. The number of nitrogens with zero attached hydrogens (tertiary/aromatic N) is 2. The lowest BCUT2D eigenvalue weighted by molar-refractivity contribution is 0.120. The molecular weight excluding hydrogens is 424 g/mol. The average Bonchev–Trinajstić information content (AvgIpc) is 3.34. The van der Waals surface area contributed by atoms with Crippen LogP contribution in [0.15, 0.2) is 91.0 Å². The van der Waals surface area contributed by atoms with E-state index in [0.29, 0.717) is 6.42 Å². The van der Waals surface area contributed by atoms with Crippen LogP contribution in [0.1, 0.15) is 23.1 Å². The highest BCUT2D eigenvalue weighted by Crippen LogP contribution is 2.47. The lowest BCUT2D eigenvalue weighted by Crippen LogP contribution is -2.41. The second-order valence-electron chi connectivity index (χ2n) is 8.30. The van der Waals surface area contributed by atoms with Crippen LogP contribution in [-0.4, -0.2) is 42.3 Å². The first-order valence-corrected chi connectivity index (χ1v) is 12.0. The van der Waals surface area contributed by atoms with Gasteiger partial charge in [0.25, 0.3) is 0 Å². The van der Waals surface area contributed by atoms with Crippen molar-refractivity contribution in [2.45, 2.75) is 24.5 Å². The van der Waals surface area contributed by atoms with E-state index >= 15 is 0 Å².